The summed E-state index contributed by atoms with van der Waals surface area (Å²) in [6.07, 6.45) is 8.83. The maximum atomic E-state index is 10.9. The molecule has 0 radical (unpaired) electrons. The lowest BCUT2D eigenvalue weighted by Gasteiger charge is -2.42. The maximum Gasteiger partial charge on any atom is 0.490 e. The van der Waals surface area contributed by atoms with Crippen molar-refractivity contribution in [2.75, 3.05) is 32.7 Å². The molecule has 10 heteroatoms. The van der Waals surface area contributed by atoms with Crippen molar-refractivity contribution < 1.29 is 4.92 Å². The van der Waals surface area contributed by atoms with Gasteiger partial charge >= 0.3 is 5.95 Å². The third kappa shape index (κ3) is 3.06. The second-order valence-electron chi connectivity index (χ2n) is 6.66. The van der Waals surface area contributed by atoms with E-state index < -0.39 is 13.3 Å². The molecule has 1 atom stereocenters. The van der Waals surface area contributed by atoms with Gasteiger partial charge in [-0.15, -0.1) is 0 Å². The first-order valence-corrected chi connectivity index (χ1v) is 10.1. The van der Waals surface area contributed by atoms with Crippen LogP contribution in [-0.2, 0) is 0 Å². The van der Waals surface area contributed by atoms with Crippen molar-refractivity contribution in [1.82, 2.24) is 28.8 Å². The molecule has 132 valence electrons. The minimum atomic E-state index is -0.514. The lowest BCUT2D eigenvalue weighted by atomic mass is 10.3. The van der Waals surface area contributed by atoms with E-state index in [1.54, 1.807) is 4.68 Å². The van der Waals surface area contributed by atoms with Crippen molar-refractivity contribution >= 4 is 14.3 Å². The molecule has 0 amide bonds. The molecule has 3 aliphatic rings. The fourth-order valence-corrected chi connectivity index (χ4v) is 7.04. The Morgan fingerprint density at radius 3 is 2.21 bits per heavy atom. The topological polar surface area (TPSA) is 83.6 Å². The van der Waals surface area contributed by atoms with Gasteiger partial charge in [0.25, 0.3) is 0 Å². The van der Waals surface area contributed by atoms with Crippen LogP contribution in [0.5, 0.6) is 0 Å². The molecule has 0 saturated carbocycles. The molecular formula is C14H24N7O2P. The molecule has 9 nitrogen and oxygen atoms in total. The Morgan fingerprint density at radius 1 is 1.04 bits per heavy atom. The van der Waals surface area contributed by atoms with Gasteiger partial charge in [-0.3, -0.25) is 9.34 Å². The molecule has 1 unspecified atom stereocenters. The molecule has 3 saturated heterocycles. The molecule has 3 aliphatic heterocycles. The Labute approximate surface area is 142 Å². The van der Waals surface area contributed by atoms with Gasteiger partial charge in [-0.1, -0.05) is 4.98 Å². The molecule has 4 rings (SSSR count). The van der Waals surface area contributed by atoms with Gasteiger partial charge in [0.2, 0.25) is 6.33 Å². The van der Waals surface area contributed by atoms with Crippen molar-refractivity contribution in [1.29, 1.82) is 0 Å². The van der Waals surface area contributed by atoms with Gasteiger partial charge in [0, 0.05) is 37.8 Å². The molecule has 24 heavy (non-hydrogen) atoms. The first-order valence-electron chi connectivity index (χ1n) is 8.86. The standard InChI is InChI=1S/C14H24N7O2P/c22-21(23)14-15-12-19(16-14)13-6-5-11-20(13)24(17-7-1-2-8-17)18-9-3-4-10-18/h12-13H,1-11H2. The highest BCUT2D eigenvalue weighted by Gasteiger charge is 2.42. The zero-order valence-electron chi connectivity index (χ0n) is 13.8. The largest absolute Gasteiger partial charge is 0.490 e. The minimum Gasteiger partial charge on any atom is -0.390 e. The van der Waals surface area contributed by atoms with Crippen molar-refractivity contribution in [3.8, 4) is 0 Å². The molecule has 4 heterocycles. The minimum absolute atomic E-state index is 0.0958. The van der Waals surface area contributed by atoms with Crippen LogP contribution < -0.4 is 0 Å². The van der Waals surface area contributed by atoms with Gasteiger partial charge in [0.15, 0.2) is 0 Å². The Bertz CT molecular complexity index is 569. The second kappa shape index (κ2) is 7.00. The summed E-state index contributed by atoms with van der Waals surface area (Å²) in [4.78, 5) is 14.2. The molecule has 0 aromatic carbocycles. The first-order chi connectivity index (χ1) is 11.7. The molecule has 0 aliphatic carbocycles. The van der Waals surface area contributed by atoms with Gasteiger partial charge in [0.05, 0.1) is 0 Å². The molecule has 0 N–H and O–H groups in total. The van der Waals surface area contributed by atoms with E-state index >= 15 is 0 Å². The van der Waals surface area contributed by atoms with E-state index in [0.29, 0.717) is 0 Å². The highest BCUT2D eigenvalue weighted by atomic mass is 31.2. The van der Waals surface area contributed by atoms with Crippen LogP contribution in [0.2, 0.25) is 0 Å². The van der Waals surface area contributed by atoms with Crippen LogP contribution >= 0.6 is 8.37 Å². The summed E-state index contributed by atoms with van der Waals surface area (Å²) in [6, 6.07) is 0. The Kier molecular flexibility index (Phi) is 4.76. The molecule has 3 fully saturated rings. The van der Waals surface area contributed by atoms with Crippen molar-refractivity contribution in [2.24, 2.45) is 0 Å². The van der Waals surface area contributed by atoms with E-state index in [2.05, 4.69) is 24.1 Å². The molecule has 0 spiro atoms. The summed E-state index contributed by atoms with van der Waals surface area (Å²) in [5.74, 6) is -0.298. The second-order valence-corrected chi connectivity index (χ2v) is 8.84. The van der Waals surface area contributed by atoms with E-state index in [0.717, 1.165) is 19.4 Å². The van der Waals surface area contributed by atoms with Crippen molar-refractivity contribution in [3.63, 3.8) is 0 Å². The van der Waals surface area contributed by atoms with Gasteiger partial charge < -0.3 is 10.1 Å². The van der Waals surface area contributed by atoms with Gasteiger partial charge in [-0.05, 0) is 43.4 Å². The van der Waals surface area contributed by atoms with Crippen LogP contribution in [0.4, 0.5) is 5.95 Å². The number of hydrogen-bond acceptors (Lipinski definition) is 7. The number of rotatable bonds is 5. The van der Waals surface area contributed by atoms with Crippen LogP contribution in [0.25, 0.3) is 0 Å². The van der Waals surface area contributed by atoms with Crippen LogP contribution in [0.15, 0.2) is 6.33 Å². The monoisotopic (exact) mass is 353 g/mol. The van der Waals surface area contributed by atoms with Gasteiger partial charge in [-0.25, -0.2) is 4.67 Å². The lowest BCUT2D eigenvalue weighted by molar-refractivity contribution is -0.394. The molecule has 1 aromatic rings. The van der Waals surface area contributed by atoms with Gasteiger partial charge in [-0.2, -0.15) is 4.68 Å². The summed E-state index contributed by atoms with van der Waals surface area (Å²) in [5, 5.41) is 15.0. The summed E-state index contributed by atoms with van der Waals surface area (Å²) < 4.78 is 9.55. The number of nitrogens with zero attached hydrogens (tertiary/aromatic N) is 7. The Balaban J connectivity index is 1.59. The van der Waals surface area contributed by atoms with E-state index in [4.69, 9.17) is 0 Å². The normalized spacial score (nSPS) is 26.8. The first kappa shape index (κ1) is 16.3. The highest BCUT2D eigenvalue weighted by Crippen LogP contribution is 2.56. The summed E-state index contributed by atoms with van der Waals surface area (Å²) in [7, 11) is -0.492. The fourth-order valence-electron chi connectivity index (χ4n) is 3.97. The Morgan fingerprint density at radius 2 is 1.67 bits per heavy atom. The third-order valence-electron chi connectivity index (χ3n) is 5.06. The number of nitro groups is 1. The molecular weight excluding hydrogens is 329 g/mol. The quantitative estimate of drug-likeness (QED) is 0.456. The highest BCUT2D eigenvalue weighted by molar-refractivity contribution is 7.50. The van der Waals surface area contributed by atoms with E-state index in [-0.39, 0.29) is 12.1 Å². The van der Waals surface area contributed by atoms with Crippen LogP contribution in [0, 0.1) is 10.1 Å². The number of aromatic nitrogens is 3. The predicted molar refractivity (Wildman–Crippen MR) is 90.2 cm³/mol. The van der Waals surface area contributed by atoms with Gasteiger partial charge in [0.1, 0.15) is 14.5 Å². The maximum absolute atomic E-state index is 10.9. The summed E-state index contributed by atoms with van der Waals surface area (Å²) in [6.45, 7) is 5.72. The molecule has 1 aromatic heterocycles. The predicted octanol–water partition coefficient (Wildman–Crippen LogP) is 2.20. The summed E-state index contributed by atoms with van der Waals surface area (Å²) >= 11 is 0. The van der Waals surface area contributed by atoms with Crippen molar-refractivity contribution in [3.05, 3.63) is 16.4 Å². The van der Waals surface area contributed by atoms with E-state index in [1.165, 1.54) is 58.2 Å². The number of hydrogen-bond donors (Lipinski definition) is 0. The zero-order valence-corrected chi connectivity index (χ0v) is 14.7. The fraction of sp³-hybridized carbons (Fsp3) is 0.857. The third-order valence-corrected chi connectivity index (χ3v) is 7.80. The SMILES string of the molecule is O=[N+]([O-])c1ncn(C2CCCN2P(N2CCCC2)N2CCCC2)n1. The molecule has 0 bridgehead atoms. The van der Waals surface area contributed by atoms with Crippen LogP contribution in [0.1, 0.15) is 44.7 Å². The average molecular weight is 353 g/mol. The van der Waals surface area contributed by atoms with Crippen LogP contribution in [-0.4, -0.2) is 66.4 Å². The van der Waals surface area contributed by atoms with E-state index in [9.17, 15) is 10.1 Å². The van der Waals surface area contributed by atoms with Crippen molar-refractivity contribution in [2.45, 2.75) is 44.7 Å². The Hall–Kier alpha value is -1.15. The summed E-state index contributed by atoms with van der Waals surface area (Å²) in [5.41, 5.74) is 0. The zero-order chi connectivity index (χ0) is 16.5. The lowest BCUT2D eigenvalue weighted by Crippen LogP contribution is -2.37. The van der Waals surface area contributed by atoms with E-state index in [1.807, 2.05) is 0 Å². The average Bonchev–Trinajstić information content (AvgIpc) is 3.37. The van der Waals surface area contributed by atoms with Crippen LogP contribution in [0.3, 0.4) is 0 Å². The smallest absolute Gasteiger partial charge is 0.390 e.